The van der Waals surface area contributed by atoms with E-state index in [0.29, 0.717) is 6.54 Å². The molecule has 0 fully saturated rings. The number of aliphatic imine (C=N–C) groups is 1. The van der Waals surface area contributed by atoms with Crippen LogP contribution in [0.3, 0.4) is 0 Å². The number of hydrogen-bond acceptors (Lipinski definition) is 2. The molecule has 2 rings (SSSR count). The molecule has 5 nitrogen and oxygen atoms in total. The van der Waals surface area contributed by atoms with Crippen LogP contribution < -0.4 is 15.4 Å². The molecule has 23 heavy (non-hydrogen) atoms. The molecule has 2 aromatic rings. The molecule has 124 valence electrons. The summed E-state index contributed by atoms with van der Waals surface area (Å²) in [6.07, 6.45) is 5.07. The van der Waals surface area contributed by atoms with Crippen molar-refractivity contribution in [3.63, 3.8) is 0 Å². The number of benzene rings is 1. The van der Waals surface area contributed by atoms with Gasteiger partial charge in [-0.3, -0.25) is 0 Å². The Morgan fingerprint density at radius 3 is 2.52 bits per heavy atom. The summed E-state index contributed by atoms with van der Waals surface area (Å²) in [6, 6.07) is 10.3. The number of guanidine groups is 1. The molecular formula is C18H26N4O. The predicted molar refractivity (Wildman–Crippen MR) is 94.9 cm³/mol. The van der Waals surface area contributed by atoms with E-state index in [0.717, 1.165) is 31.2 Å². The van der Waals surface area contributed by atoms with Gasteiger partial charge in [0, 0.05) is 32.5 Å². The van der Waals surface area contributed by atoms with E-state index in [4.69, 9.17) is 4.74 Å². The summed E-state index contributed by atoms with van der Waals surface area (Å²) >= 11 is 0. The van der Waals surface area contributed by atoms with Crippen LogP contribution in [0.2, 0.25) is 0 Å². The molecule has 1 heterocycles. The van der Waals surface area contributed by atoms with Gasteiger partial charge < -0.3 is 19.9 Å². The minimum Gasteiger partial charge on any atom is -0.497 e. The van der Waals surface area contributed by atoms with Crippen LogP contribution in [0.4, 0.5) is 0 Å². The molecule has 0 bridgehead atoms. The van der Waals surface area contributed by atoms with Crippen LogP contribution in [-0.4, -0.2) is 30.7 Å². The molecule has 0 spiro atoms. The lowest BCUT2D eigenvalue weighted by Gasteiger charge is -2.11. The Hall–Kier alpha value is -2.43. The van der Waals surface area contributed by atoms with Crippen molar-refractivity contribution in [1.29, 1.82) is 0 Å². The number of aryl methyl sites for hydroxylation is 1. The summed E-state index contributed by atoms with van der Waals surface area (Å²) < 4.78 is 7.21. The predicted octanol–water partition coefficient (Wildman–Crippen LogP) is 2.33. The Morgan fingerprint density at radius 1 is 1.13 bits per heavy atom. The third kappa shape index (κ3) is 5.70. The maximum atomic E-state index is 5.17. The lowest BCUT2D eigenvalue weighted by Crippen LogP contribution is -2.38. The van der Waals surface area contributed by atoms with Crippen LogP contribution in [-0.2, 0) is 20.0 Å². The zero-order chi connectivity index (χ0) is 16.5. The van der Waals surface area contributed by atoms with Gasteiger partial charge in [0.05, 0.1) is 13.7 Å². The molecule has 0 amide bonds. The SMILES string of the molecule is CCNC(=NCc1ccn(C)c1)NCCc1ccc(OC)cc1. The Labute approximate surface area is 138 Å². The average molecular weight is 314 g/mol. The van der Waals surface area contributed by atoms with E-state index in [1.54, 1.807) is 7.11 Å². The van der Waals surface area contributed by atoms with Crippen molar-refractivity contribution in [2.75, 3.05) is 20.2 Å². The van der Waals surface area contributed by atoms with Crippen molar-refractivity contribution in [2.24, 2.45) is 12.0 Å². The van der Waals surface area contributed by atoms with Crippen molar-refractivity contribution in [3.8, 4) is 5.75 Å². The number of rotatable bonds is 7. The highest BCUT2D eigenvalue weighted by Crippen LogP contribution is 2.11. The summed E-state index contributed by atoms with van der Waals surface area (Å²) in [7, 11) is 3.70. The molecule has 1 aromatic carbocycles. The second-order valence-corrected chi connectivity index (χ2v) is 5.41. The number of hydrogen-bond donors (Lipinski definition) is 2. The first-order valence-electron chi connectivity index (χ1n) is 7.97. The van der Waals surface area contributed by atoms with E-state index in [1.807, 2.05) is 29.9 Å². The number of methoxy groups -OCH3 is 1. The fourth-order valence-electron chi connectivity index (χ4n) is 2.28. The van der Waals surface area contributed by atoms with Crippen molar-refractivity contribution in [3.05, 3.63) is 53.9 Å². The Bertz CT molecular complexity index is 616. The van der Waals surface area contributed by atoms with E-state index in [9.17, 15) is 0 Å². The standard InChI is InChI=1S/C18H26N4O/c1-4-19-18(21-13-16-10-12-22(2)14-16)20-11-9-15-5-7-17(23-3)8-6-15/h5-8,10,12,14H,4,9,11,13H2,1-3H3,(H2,19,20,21). The van der Waals surface area contributed by atoms with E-state index >= 15 is 0 Å². The lowest BCUT2D eigenvalue weighted by atomic mass is 10.1. The second kappa shape index (κ2) is 8.88. The van der Waals surface area contributed by atoms with Crippen LogP contribution in [0.5, 0.6) is 5.75 Å². The summed E-state index contributed by atoms with van der Waals surface area (Å²) in [5.74, 6) is 1.74. The zero-order valence-corrected chi connectivity index (χ0v) is 14.2. The smallest absolute Gasteiger partial charge is 0.191 e. The minimum atomic E-state index is 0.679. The van der Waals surface area contributed by atoms with Crippen molar-refractivity contribution >= 4 is 5.96 Å². The molecule has 5 heteroatoms. The van der Waals surface area contributed by atoms with Crippen molar-refractivity contribution < 1.29 is 4.74 Å². The first-order valence-corrected chi connectivity index (χ1v) is 7.97. The average Bonchev–Trinajstić information content (AvgIpc) is 2.99. The van der Waals surface area contributed by atoms with Crippen molar-refractivity contribution in [1.82, 2.24) is 15.2 Å². The molecule has 0 saturated heterocycles. The quantitative estimate of drug-likeness (QED) is 0.609. The Morgan fingerprint density at radius 2 is 1.91 bits per heavy atom. The molecule has 0 radical (unpaired) electrons. The molecule has 0 aliphatic heterocycles. The highest BCUT2D eigenvalue weighted by Gasteiger charge is 1.99. The van der Waals surface area contributed by atoms with Crippen molar-refractivity contribution in [2.45, 2.75) is 19.9 Å². The van der Waals surface area contributed by atoms with E-state index in [2.05, 4.69) is 46.9 Å². The third-order valence-electron chi connectivity index (χ3n) is 3.52. The summed E-state index contributed by atoms with van der Waals surface area (Å²) in [5.41, 5.74) is 2.48. The lowest BCUT2D eigenvalue weighted by molar-refractivity contribution is 0.414. The summed E-state index contributed by atoms with van der Waals surface area (Å²) in [5, 5.41) is 6.65. The van der Waals surface area contributed by atoms with Gasteiger partial charge >= 0.3 is 0 Å². The van der Waals surface area contributed by atoms with Gasteiger partial charge in [-0.25, -0.2) is 4.99 Å². The normalized spacial score (nSPS) is 11.3. The van der Waals surface area contributed by atoms with Gasteiger partial charge in [0.1, 0.15) is 5.75 Å². The van der Waals surface area contributed by atoms with Crippen LogP contribution in [0, 0.1) is 0 Å². The molecule has 2 N–H and O–H groups in total. The molecule has 0 aliphatic carbocycles. The fraction of sp³-hybridized carbons (Fsp3) is 0.389. The largest absolute Gasteiger partial charge is 0.497 e. The van der Waals surface area contributed by atoms with Crippen LogP contribution in [0.1, 0.15) is 18.1 Å². The van der Waals surface area contributed by atoms with Crippen LogP contribution in [0.25, 0.3) is 0 Å². The van der Waals surface area contributed by atoms with E-state index in [1.165, 1.54) is 11.1 Å². The van der Waals surface area contributed by atoms with Crippen LogP contribution in [0.15, 0.2) is 47.7 Å². The first-order chi connectivity index (χ1) is 11.2. The Balaban J connectivity index is 1.83. The second-order valence-electron chi connectivity index (χ2n) is 5.41. The number of aromatic nitrogens is 1. The number of nitrogens with one attached hydrogen (secondary N) is 2. The van der Waals surface area contributed by atoms with E-state index < -0.39 is 0 Å². The zero-order valence-electron chi connectivity index (χ0n) is 14.2. The number of ether oxygens (including phenoxy) is 1. The molecule has 0 atom stereocenters. The van der Waals surface area contributed by atoms with Gasteiger partial charge in [0.15, 0.2) is 5.96 Å². The van der Waals surface area contributed by atoms with Gasteiger partial charge in [-0.05, 0) is 42.7 Å². The highest BCUT2D eigenvalue weighted by molar-refractivity contribution is 5.79. The van der Waals surface area contributed by atoms with Gasteiger partial charge in [0.25, 0.3) is 0 Å². The van der Waals surface area contributed by atoms with Gasteiger partial charge in [-0.2, -0.15) is 0 Å². The topological polar surface area (TPSA) is 50.6 Å². The maximum absolute atomic E-state index is 5.17. The summed E-state index contributed by atoms with van der Waals surface area (Å²) in [4.78, 5) is 4.62. The number of nitrogens with zero attached hydrogens (tertiary/aromatic N) is 2. The maximum Gasteiger partial charge on any atom is 0.191 e. The molecular weight excluding hydrogens is 288 g/mol. The fourth-order valence-corrected chi connectivity index (χ4v) is 2.28. The van der Waals surface area contributed by atoms with Gasteiger partial charge in [0.2, 0.25) is 0 Å². The third-order valence-corrected chi connectivity index (χ3v) is 3.52. The molecule has 0 unspecified atom stereocenters. The van der Waals surface area contributed by atoms with Gasteiger partial charge in [-0.1, -0.05) is 12.1 Å². The van der Waals surface area contributed by atoms with E-state index in [-0.39, 0.29) is 0 Å². The molecule has 0 aliphatic rings. The van der Waals surface area contributed by atoms with Crippen LogP contribution >= 0.6 is 0 Å². The summed E-state index contributed by atoms with van der Waals surface area (Å²) in [6.45, 7) is 4.44. The highest BCUT2D eigenvalue weighted by atomic mass is 16.5. The first kappa shape index (κ1) is 16.9. The van der Waals surface area contributed by atoms with Gasteiger partial charge in [-0.15, -0.1) is 0 Å². The Kier molecular flexibility index (Phi) is 6.54. The minimum absolute atomic E-state index is 0.679. The molecule has 0 saturated carbocycles. The molecule has 1 aromatic heterocycles. The monoisotopic (exact) mass is 314 g/mol.